The number of amides is 1. The van der Waals surface area contributed by atoms with E-state index in [1.165, 1.54) is 0 Å². The fourth-order valence-electron chi connectivity index (χ4n) is 3.01. The number of hydrogen-bond donors (Lipinski definition) is 1. The number of aryl methyl sites for hydroxylation is 1. The van der Waals surface area contributed by atoms with E-state index in [4.69, 9.17) is 4.42 Å². The third-order valence-electron chi connectivity index (χ3n) is 4.29. The molecule has 3 aromatic carbocycles. The lowest BCUT2D eigenvalue weighted by Gasteiger charge is -2.09. The Morgan fingerprint density at radius 2 is 1.67 bits per heavy atom. The monoisotopic (exact) mass is 315 g/mol. The number of benzene rings is 3. The molecule has 0 bridgehead atoms. The Kier molecular flexibility index (Phi) is 3.54. The zero-order valence-electron chi connectivity index (χ0n) is 13.4. The van der Waals surface area contributed by atoms with Crippen LogP contribution in [0.4, 0.5) is 5.69 Å². The van der Waals surface area contributed by atoms with Gasteiger partial charge in [0.15, 0.2) is 0 Å². The number of rotatable bonds is 3. The molecule has 0 saturated heterocycles. The van der Waals surface area contributed by atoms with Crippen molar-refractivity contribution < 1.29 is 9.21 Å². The van der Waals surface area contributed by atoms with Crippen LogP contribution >= 0.6 is 0 Å². The molecule has 3 nitrogen and oxygen atoms in total. The van der Waals surface area contributed by atoms with E-state index in [2.05, 4.69) is 12.2 Å². The van der Waals surface area contributed by atoms with Crippen molar-refractivity contribution in [1.82, 2.24) is 0 Å². The summed E-state index contributed by atoms with van der Waals surface area (Å²) in [5, 5.41) is 5.00. The van der Waals surface area contributed by atoms with Crippen LogP contribution in [-0.2, 0) is 6.42 Å². The topological polar surface area (TPSA) is 42.2 Å². The normalized spacial score (nSPS) is 11.0. The molecule has 0 aliphatic carbocycles. The van der Waals surface area contributed by atoms with Crippen molar-refractivity contribution in [2.75, 3.05) is 5.32 Å². The second kappa shape index (κ2) is 5.85. The average molecular weight is 315 g/mol. The highest BCUT2D eigenvalue weighted by molar-refractivity contribution is 6.11. The minimum absolute atomic E-state index is 0.108. The average Bonchev–Trinajstić information content (AvgIpc) is 3.00. The Bertz CT molecular complexity index is 1050. The summed E-state index contributed by atoms with van der Waals surface area (Å²) in [5.41, 5.74) is 4.24. The van der Waals surface area contributed by atoms with E-state index in [1.54, 1.807) is 6.07 Å². The van der Waals surface area contributed by atoms with E-state index >= 15 is 0 Å². The molecule has 3 heteroatoms. The minimum atomic E-state index is -0.108. The molecule has 1 amide bonds. The van der Waals surface area contributed by atoms with Crippen molar-refractivity contribution in [3.63, 3.8) is 0 Å². The highest BCUT2D eigenvalue weighted by atomic mass is 16.3. The number of nitrogens with one attached hydrogen (secondary N) is 1. The van der Waals surface area contributed by atoms with Crippen LogP contribution in [0.25, 0.3) is 21.9 Å². The van der Waals surface area contributed by atoms with Crippen LogP contribution in [0.15, 0.2) is 71.1 Å². The van der Waals surface area contributed by atoms with Gasteiger partial charge in [-0.1, -0.05) is 43.3 Å². The summed E-state index contributed by atoms with van der Waals surface area (Å²) in [4.78, 5) is 12.6. The molecule has 24 heavy (non-hydrogen) atoms. The van der Waals surface area contributed by atoms with Gasteiger partial charge in [0.2, 0.25) is 0 Å². The van der Waals surface area contributed by atoms with Crippen molar-refractivity contribution in [2.45, 2.75) is 13.3 Å². The fourth-order valence-corrected chi connectivity index (χ4v) is 3.01. The number of hydrogen-bond acceptors (Lipinski definition) is 2. The lowest BCUT2D eigenvalue weighted by molar-refractivity contribution is 0.102. The summed E-state index contributed by atoms with van der Waals surface area (Å²) in [7, 11) is 0. The molecule has 0 radical (unpaired) electrons. The van der Waals surface area contributed by atoms with Crippen LogP contribution in [0.1, 0.15) is 22.8 Å². The van der Waals surface area contributed by atoms with Gasteiger partial charge in [-0.05, 0) is 42.3 Å². The van der Waals surface area contributed by atoms with Gasteiger partial charge in [-0.2, -0.15) is 0 Å². The predicted molar refractivity (Wildman–Crippen MR) is 97.5 cm³/mol. The molecule has 0 fully saturated rings. The molecule has 4 rings (SSSR count). The van der Waals surface area contributed by atoms with Crippen molar-refractivity contribution in [3.8, 4) is 0 Å². The van der Waals surface area contributed by atoms with E-state index in [0.29, 0.717) is 5.56 Å². The van der Waals surface area contributed by atoms with Gasteiger partial charge < -0.3 is 9.73 Å². The molecular weight excluding hydrogens is 298 g/mol. The van der Waals surface area contributed by atoms with Gasteiger partial charge in [-0.15, -0.1) is 0 Å². The molecule has 4 aromatic rings. The Morgan fingerprint density at radius 1 is 0.917 bits per heavy atom. The third kappa shape index (κ3) is 2.44. The number of carbonyl (C=O) groups is 1. The van der Waals surface area contributed by atoms with Crippen LogP contribution in [0.3, 0.4) is 0 Å². The zero-order chi connectivity index (χ0) is 16.5. The van der Waals surface area contributed by atoms with Gasteiger partial charge in [-0.25, -0.2) is 0 Å². The van der Waals surface area contributed by atoms with Crippen molar-refractivity contribution in [3.05, 3.63) is 77.9 Å². The molecule has 1 heterocycles. The molecule has 0 atom stereocenters. The highest BCUT2D eigenvalue weighted by Crippen LogP contribution is 2.29. The van der Waals surface area contributed by atoms with Crippen LogP contribution in [0.2, 0.25) is 0 Å². The molecule has 1 N–H and O–H groups in total. The maximum atomic E-state index is 12.6. The van der Waals surface area contributed by atoms with E-state index in [9.17, 15) is 4.79 Å². The Balaban J connectivity index is 1.73. The number of para-hydroxylation sites is 2. The molecule has 0 unspecified atom stereocenters. The predicted octanol–water partition coefficient (Wildman–Crippen LogP) is 5.40. The quantitative estimate of drug-likeness (QED) is 0.550. The molecule has 118 valence electrons. The first-order valence-electron chi connectivity index (χ1n) is 8.07. The molecule has 1 aromatic heterocycles. The number of anilines is 1. The van der Waals surface area contributed by atoms with E-state index < -0.39 is 0 Å². The zero-order valence-corrected chi connectivity index (χ0v) is 13.4. The maximum Gasteiger partial charge on any atom is 0.255 e. The van der Waals surface area contributed by atoms with E-state index in [1.807, 2.05) is 60.7 Å². The van der Waals surface area contributed by atoms with Crippen LogP contribution in [0.5, 0.6) is 0 Å². The summed E-state index contributed by atoms with van der Waals surface area (Å²) in [5.74, 6) is -0.108. The fraction of sp³-hybridized carbons (Fsp3) is 0.0952. The van der Waals surface area contributed by atoms with Gasteiger partial charge in [-0.3, -0.25) is 4.79 Å². The van der Waals surface area contributed by atoms with Gasteiger partial charge in [0, 0.05) is 22.0 Å². The summed E-state index contributed by atoms with van der Waals surface area (Å²) in [6.07, 6.45) is 0.877. The largest absolute Gasteiger partial charge is 0.456 e. The smallest absolute Gasteiger partial charge is 0.255 e. The molecule has 0 spiro atoms. The summed E-state index contributed by atoms with van der Waals surface area (Å²) < 4.78 is 5.81. The Labute approximate surface area is 139 Å². The minimum Gasteiger partial charge on any atom is -0.456 e. The number of fused-ring (bicyclic) bond motifs is 3. The van der Waals surface area contributed by atoms with Crippen LogP contribution < -0.4 is 5.32 Å². The highest BCUT2D eigenvalue weighted by Gasteiger charge is 2.12. The Hall–Kier alpha value is -3.07. The van der Waals surface area contributed by atoms with Crippen molar-refractivity contribution in [2.24, 2.45) is 0 Å². The van der Waals surface area contributed by atoms with Gasteiger partial charge in [0.25, 0.3) is 5.91 Å². The van der Waals surface area contributed by atoms with Crippen LogP contribution in [0, 0.1) is 0 Å². The van der Waals surface area contributed by atoms with Gasteiger partial charge in [0.1, 0.15) is 11.2 Å². The molecule has 0 saturated carbocycles. The van der Waals surface area contributed by atoms with E-state index in [0.717, 1.165) is 39.6 Å². The first-order valence-corrected chi connectivity index (χ1v) is 8.07. The lowest BCUT2D eigenvalue weighted by Crippen LogP contribution is -2.13. The molecular formula is C21H17NO2. The SMILES string of the molecule is CCc1ccccc1NC(=O)c1ccc2oc3ccccc3c2c1. The Morgan fingerprint density at radius 3 is 2.54 bits per heavy atom. The summed E-state index contributed by atoms with van der Waals surface area (Å²) in [6.45, 7) is 2.08. The van der Waals surface area contributed by atoms with Gasteiger partial charge in [0.05, 0.1) is 0 Å². The maximum absolute atomic E-state index is 12.6. The van der Waals surface area contributed by atoms with Crippen molar-refractivity contribution in [1.29, 1.82) is 0 Å². The van der Waals surface area contributed by atoms with Crippen molar-refractivity contribution >= 4 is 33.5 Å². The number of carbonyl (C=O) groups excluding carboxylic acids is 1. The first kappa shape index (κ1) is 14.5. The lowest BCUT2D eigenvalue weighted by atomic mass is 10.1. The standard InChI is InChI=1S/C21H17NO2/c1-2-14-7-3-5-9-18(14)22-21(23)15-11-12-20-17(13-15)16-8-4-6-10-19(16)24-20/h3-13H,2H2,1H3,(H,22,23). The summed E-state index contributed by atoms with van der Waals surface area (Å²) >= 11 is 0. The van der Waals surface area contributed by atoms with E-state index in [-0.39, 0.29) is 5.91 Å². The molecule has 0 aliphatic heterocycles. The molecule has 0 aliphatic rings. The second-order valence-corrected chi connectivity index (χ2v) is 5.77. The summed E-state index contributed by atoms with van der Waals surface area (Å²) in [6, 6.07) is 21.3. The van der Waals surface area contributed by atoms with Gasteiger partial charge >= 0.3 is 0 Å². The number of furan rings is 1. The second-order valence-electron chi connectivity index (χ2n) is 5.77. The first-order chi connectivity index (χ1) is 11.8. The third-order valence-corrected chi connectivity index (χ3v) is 4.29. The van der Waals surface area contributed by atoms with Crippen LogP contribution in [-0.4, -0.2) is 5.91 Å².